The number of ether oxygens (including phenoxy) is 2. The molecule has 3 nitrogen and oxygen atoms in total. The van der Waals surface area contributed by atoms with Crippen LogP contribution in [-0.4, -0.2) is 25.8 Å². The molecule has 0 aliphatic heterocycles. The summed E-state index contributed by atoms with van der Waals surface area (Å²) in [5.74, 6) is -4.55. The van der Waals surface area contributed by atoms with Crippen LogP contribution in [0.25, 0.3) is 0 Å². The van der Waals surface area contributed by atoms with E-state index in [4.69, 9.17) is 10.5 Å². The summed E-state index contributed by atoms with van der Waals surface area (Å²) in [5, 5.41) is 0. The molecule has 8 heteroatoms. The Balaban J connectivity index is 2.70. The largest absolute Gasteiger partial charge is 0.496 e. The maximum Gasteiger partial charge on any atom is 0.455 e. The van der Waals surface area contributed by atoms with Crippen LogP contribution < -0.4 is 10.5 Å². The van der Waals surface area contributed by atoms with Crippen molar-refractivity contribution in [3.63, 3.8) is 0 Å². The van der Waals surface area contributed by atoms with Crippen LogP contribution in [0.2, 0.25) is 0 Å². The second-order valence-electron chi connectivity index (χ2n) is 4.05. The Morgan fingerprint density at radius 1 is 1.15 bits per heavy atom. The first-order valence-electron chi connectivity index (χ1n) is 5.59. The van der Waals surface area contributed by atoms with Crippen LogP contribution in [0, 0.1) is 0 Å². The summed E-state index contributed by atoms with van der Waals surface area (Å²) < 4.78 is 70.6. The molecule has 20 heavy (non-hydrogen) atoms. The predicted octanol–water partition coefficient (Wildman–Crippen LogP) is 2.87. The first-order chi connectivity index (χ1) is 9.21. The maximum atomic E-state index is 12.7. The van der Waals surface area contributed by atoms with Gasteiger partial charge in [0.05, 0.1) is 13.7 Å². The van der Waals surface area contributed by atoms with Gasteiger partial charge in [0.25, 0.3) is 0 Å². The van der Waals surface area contributed by atoms with E-state index in [1.54, 1.807) is 12.1 Å². The van der Waals surface area contributed by atoms with Crippen molar-refractivity contribution >= 4 is 0 Å². The fraction of sp³-hybridized carbons (Fsp3) is 0.500. The minimum absolute atomic E-state index is 0.204. The lowest BCUT2D eigenvalue weighted by molar-refractivity contribution is -0.297. The van der Waals surface area contributed by atoms with Gasteiger partial charge in [-0.05, 0) is 17.7 Å². The van der Waals surface area contributed by atoms with Gasteiger partial charge in [-0.25, -0.2) is 0 Å². The van der Waals surface area contributed by atoms with E-state index in [1.807, 2.05) is 0 Å². The van der Waals surface area contributed by atoms with Crippen LogP contribution in [0.3, 0.4) is 0 Å². The third-order valence-electron chi connectivity index (χ3n) is 2.54. The second-order valence-corrected chi connectivity index (χ2v) is 4.05. The van der Waals surface area contributed by atoms with Crippen molar-refractivity contribution in [1.29, 1.82) is 0 Å². The molecule has 0 bridgehead atoms. The van der Waals surface area contributed by atoms with Crippen LogP contribution in [-0.2, 0) is 17.9 Å². The molecule has 0 aromatic heterocycles. The monoisotopic (exact) mass is 299 g/mol. The molecule has 1 aromatic rings. The number of methoxy groups -OCH3 is 1. The van der Waals surface area contributed by atoms with Crippen molar-refractivity contribution in [3.05, 3.63) is 29.3 Å². The van der Waals surface area contributed by atoms with Crippen molar-refractivity contribution in [3.8, 4) is 5.75 Å². The minimum Gasteiger partial charge on any atom is -0.496 e. The number of alkyl halides is 5. The van der Waals surface area contributed by atoms with E-state index in [9.17, 15) is 22.0 Å². The standard InChI is InChI=1S/C12H14F5NO2/c1-19-10-3-2-8(5-18)4-9(10)6-20-7-11(13,14)12(15,16)17/h2-4H,5-7,18H2,1H3. The second kappa shape index (κ2) is 6.36. The summed E-state index contributed by atoms with van der Waals surface area (Å²) in [5.41, 5.74) is 6.46. The zero-order valence-corrected chi connectivity index (χ0v) is 10.6. The van der Waals surface area contributed by atoms with Gasteiger partial charge in [0.15, 0.2) is 0 Å². The number of hydrogen-bond donors (Lipinski definition) is 1. The van der Waals surface area contributed by atoms with E-state index in [1.165, 1.54) is 13.2 Å². The Bertz CT molecular complexity index is 448. The Labute approximate surface area is 112 Å². The normalized spacial score (nSPS) is 12.6. The molecule has 0 fully saturated rings. The quantitative estimate of drug-likeness (QED) is 0.822. The molecule has 0 unspecified atom stereocenters. The fourth-order valence-electron chi connectivity index (χ4n) is 1.44. The molecule has 0 heterocycles. The lowest BCUT2D eigenvalue weighted by Crippen LogP contribution is -2.40. The molecule has 2 N–H and O–H groups in total. The molecule has 0 atom stereocenters. The summed E-state index contributed by atoms with van der Waals surface area (Å²) in [6.45, 7) is -1.97. The van der Waals surface area contributed by atoms with Crippen LogP contribution in [0.1, 0.15) is 11.1 Å². The highest BCUT2D eigenvalue weighted by molar-refractivity contribution is 5.36. The molecule has 0 radical (unpaired) electrons. The van der Waals surface area contributed by atoms with Crippen LogP contribution in [0.5, 0.6) is 5.75 Å². The maximum absolute atomic E-state index is 12.7. The van der Waals surface area contributed by atoms with E-state index in [2.05, 4.69) is 4.74 Å². The van der Waals surface area contributed by atoms with E-state index in [0.29, 0.717) is 16.9 Å². The zero-order chi connectivity index (χ0) is 15.4. The first kappa shape index (κ1) is 16.6. The van der Waals surface area contributed by atoms with Crippen molar-refractivity contribution in [2.45, 2.75) is 25.3 Å². The molecule has 0 aliphatic rings. The van der Waals surface area contributed by atoms with Gasteiger partial charge in [0.1, 0.15) is 12.4 Å². The highest BCUT2D eigenvalue weighted by atomic mass is 19.4. The van der Waals surface area contributed by atoms with Gasteiger partial charge in [-0.3, -0.25) is 0 Å². The molecule has 0 spiro atoms. The summed E-state index contributed by atoms with van der Waals surface area (Å²) >= 11 is 0. The molecular weight excluding hydrogens is 285 g/mol. The molecular formula is C12H14F5NO2. The van der Waals surface area contributed by atoms with E-state index >= 15 is 0 Å². The molecule has 0 saturated carbocycles. The Hall–Kier alpha value is -1.41. The average molecular weight is 299 g/mol. The van der Waals surface area contributed by atoms with Gasteiger partial charge in [0.2, 0.25) is 0 Å². The van der Waals surface area contributed by atoms with Crippen LogP contribution >= 0.6 is 0 Å². The van der Waals surface area contributed by atoms with Crippen LogP contribution in [0.4, 0.5) is 22.0 Å². The van der Waals surface area contributed by atoms with Gasteiger partial charge < -0.3 is 15.2 Å². The molecule has 1 aromatic carbocycles. The topological polar surface area (TPSA) is 44.5 Å². The van der Waals surface area contributed by atoms with E-state index < -0.39 is 25.3 Å². The van der Waals surface area contributed by atoms with Gasteiger partial charge in [-0.1, -0.05) is 6.07 Å². The number of hydrogen-bond acceptors (Lipinski definition) is 3. The highest BCUT2D eigenvalue weighted by Gasteiger charge is 2.57. The minimum atomic E-state index is -5.63. The zero-order valence-electron chi connectivity index (χ0n) is 10.6. The van der Waals surface area contributed by atoms with E-state index in [0.717, 1.165) is 0 Å². The fourth-order valence-corrected chi connectivity index (χ4v) is 1.44. The highest BCUT2D eigenvalue weighted by Crippen LogP contribution is 2.35. The van der Waals surface area contributed by atoms with Crippen molar-refractivity contribution in [1.82, 2.24) is 0 Å². The Morgan fingerprint density at radius 2 is 1.80 bits per heavy atom. The average Bonchev–Trinajstić information content (AvgIpc) is 2.37. The summed E-state index contributed by atoms with van der Waals surface area (Å²) in [6, 6.07) is 4.74. The third kappa shape index (κ3) is 4.04. The number of halogens is 5. The SMILES string of the molecule is COc1ccc(CN)cc1COCC(F)(F)C(F)(F)F. The smallest absolute Gasteiger partial charge is 0.455 e. The number of benzene rings is 1. The molecule has 0 amide bonds. The number of nitrogens with two attached hydrogens (primary N) is 1. The van der Waals surface area contributed by atoms with Crippen molar-refractivity contribution in [2.75, 3.05) is 13.7 Å². The van der Waals surface area contributed by atoms with Crippen molar-refractivity contribution in [2.24, 2.45) is 5.73 Å². The molecule has 0 aliphatic carbocycles. The van der Waals surface area contributed by atoms with E-state index in [-0.39, 0.29) is 6.54 Å². The van der Waals surface area contributed by atoms with Gasteiger partial charge >= 0.3 is 12.1 Å². The van der Waals surface area contributed by atoms with Gasteiger partial charge in [0, 0.05) is 12.1 Å². The molecule has 0 saturated heterocycles. The number of rotatable bonds is 6. The van der Waals surface area contributed by atoms with Gasteiger partial charge in [-0.2, -0.15) is 22.0 Å². The lowest BCUT2D eigenvalue weighted by atomic mass is 10.1. The van der Waals surface area contributed by atoms with Crippen LogP contribution in [0.15, 0.2) is 18.2 Å². The first-order valence-corrected chi connectivity index (χ1v) is 5.59. The van der Waals surface area contributed by atoms with Gasteiger partial charge in [-0.15, -0.1) is 0 Å². The third-order valence-corrected chi connectivity index (χ3v) is 2.54. The summed E-state index contributed by atoms with van der Waals surface area (Å²) in [4.78, 5) is 0. The lowest BCUT2D eigenvalue weighted by Gasteiger charge is -2.19. The molecule has 114 valence electrons. The predicted molar refractivity (Wildman–Crippen MR) is 61.5 cm³/mol. The molecule has 1 rings (SSSR count). The Kier molecular flexibility index (Phi) is 5.29. The Morgan fingerprint density at radius 3 is 2.30 bits per heavy atom. The van der Waals surface area contributed by atoms with Crippen molar-refractivity contribution < 1.29 is 31.4 Å². The summed E-state index contributed by atoms with van der Waals surface area (Å²) in [6.07, 6.45) is -5.63. The summed E-state index contributed by atoms with van der Waals surface area (Å²) in [7, 11) is 1.35.